The summed E-state index contributed by atoms with van der Waals surface area (Å²) in [5.74, 6) is 1.50. The Morgan fingerprint density at radius 2 is 1.13 bits per heavy atom. The largest absolute Gasteiger partial charge is 0.473 e. The van der Waals surface area contributed by atoms with Gasteiger partial charge in [-0.1, -0.05) is 65.2 Å². The monoisotopic (exact) mass is 512 g/mol. The van der Waals surface area contributed by atoms with E-state index in [9.17, 15) is 4.21 Å². The van der Waals surface area contributed by atoms with E-state index in [0.717, 1.165) is 25.0 Å². The molecule has 0 aliphatic carbocycles. The van der Waals surface area contributed by atoms with Crippen LogP contribution in [0.2, 0.25) is 44.8 Å². The van der Waals surface area contributed by atoms with Gasteiger partial charge in [0.15, 0.2) is 27.1 Å². The summed E-state index contributed by atoms with van der Waals surface area (Å²) in [6.45, 7) is 17.7. The first-order valence-electron chi connectivity index (χ1n) is 12.5. The number of hydrogen-bond acceptors (Lipinski definition) is 4. The maximum Gasteiger partial charge on any atom is 0.473 e. The standard InChI is InChI=1S/C21H52O4SSi4/c1-9-11-13-14-15-16-17-18-21(20-26(22)19-12-10-2)30(23-27(3)4,24-28(5)6)25-29(7)8/h21,27-29H,9-20H2,1-8H3. The second-order valence-corrected chi connectivity index (χ2v) is 22.1. The highest BCUT2D eigenvalue weighted by atomic mass is 32.2. The third kappa shape index (κ3) is 14.9. The Kier molecular flexibility index (Phi) is 18.9. The van der Waals surface area contributed by atoms with Crippen LogP contribution in [-0.2, 0) is 23.1 Å². The van der Waals surface area contributed by atoms with Crippen LogP contribution in [0, 0.1) is 0 Å². The van der Waals surface area contributed by atoms with Gasteiger partial charge in [-0.25, -0.2) is 0 Å². The van der Waals surface area contributed by atoms with Gasteiger partial charge in [-0.2, -0.15) is 0 Å². The fraction of sp³-hybridized carbons (Fsp3) is 1.00. The molecule has 0 aliphatic rings. The van der Waals surface area contributed by atoms with Crippen molar-refractivity contribution in [3.63, 3.8) is 0 Å². The second kappa shape index (κ2) is 18.3. The molecule has 0 aliphatic heterocycles. The van der Waals surface area contributed by atoms with Crippen molar-refractivity contribution in [3.05, 3.63) is 0 Å². The first-order chi connectivity index (χ1) is 14.2. The fourth-order valence-electron chi connectivity index (χ4n) is 3.68. The highest BCUT2D eigenvalue weighted by molar-refractivity contribution is 7.85. The molecule has 4 nitrogen and oxygen atoms in total. The zero-order chi connectivity index (χ0) is 23.0. The van der Waals surface area contributed by atoms with Crippen molar-refractivity contribution >= 4 is 46.7 Å². The minimum atomic E-state index is -2.81. The van der Waals surface area contributed by atoms with E-state index in [1.54, 1.807) is 0 Å². The van der Waals surface area contributed by atoms with Crippen molar-refractivity contribution in [2.24, 2.45) is 0 Å². The highest BCUT2D eigenvalue weighted by Crippen LogP contribution is 2.34. The molecule has 0 N–H and O–H groups in total. The first-order valence-corrected chi connectivity index (χ1v) is 24.2. The Morgan fingerprint density at radius 3 is 1.57 bits per heavy atom. The maximum atomic E-state index is 12.9. The Bertz CT molecular complexity index is 413. The molecule has 30 heavy (non-hydrogen) atoms. The van der Waals surface area contributed by atoms with Crippen LogP contribution < -0.4 is 0 Å². The van der Waals surface area contributed by atoms with Crippen molar-refractivity contribution in [1.82, 2.24) is 0 Å². The summed E-state index contributed by atoms with van der Waals surface area (Å²) < 4.78 is 33.0. The van der Waals surface area contributed by atoms with Gasteiger partial charge in [-0.3, -0.25) is 4.21 Å². The molecule has 0 aromatic carbocycles. The Balaban J connectivity index is 5.39. The zero-order valence-electron chi connectivity index (χ0n) is 21.3. The Morgan fingerprint density at radius 1 is 0.700 bits per heavy atom. The molecule has 0 aromatic heterocycles. The van der Waals surface area contributed by atoms with E-state index < -0.39 is 46.7 Å². The predicted octanol–water partition coefficient (Wildman–Crippen LogP) is 5.99. The van der Waals surface area contributed by atoms with Crippen LogP contribution in [0.25, 0.3) is 0 Å². The molecule has 2 unspecified atom stereocenters. The summed E-state index contributed by atoms with van der Waals surface area (Å²) in [4.78, 5) is 0. The minimum Gasteiger partial charge on any atom is -0.420 e. The minimum absolute atomic E-state index is 0.200. The van der Waals surface area contributed by atoms with E-state index in [0.29, 0.717) is 5.75 Å². The third-order valence-electron chi connectivity index (χ3n) is 4.97. The number of rotatable bonds is 20. The lowest BCUT2D eigenvalue weighted by Crippen LogP contribution is -2.57. The predicted molar refractivity (Wildman–Crippen MR) is 145 cm³/mol. The molecule has 0 bridgehead atoms. The van der Waals surface area contributed by atoms with E-state index in [2.05, 4.69) is 53.1 Å². The number of unbranched alkanes of at least 4 members (excludes halogenated alkanes) is 7. The fourth-order valence-corrected chi connectivity index (χ4v) is 19.4. The van der Waals surface area contributed by atoms with Crippen molar-refractivity contribution in [1.29, 1.82) is 0 Å². The molecule has 0 saturated carbocycles. The van der Waals surface area contributed by atoms with Gasteiger partial charge in [-0.15, -0.1) is 0 Å². The van der Waals surface area contributed by atoms with Crippen LogP contribution in [0.5, 0.6) is 0 Å². The van der Waals surface area contributed by atoms with Crippen LogP contribution >= 0.6 is 0 Å². The maximum absolute atomic E-state index is 12.9. The molecule has 0 saturated heterocycles. The highest BCUT2D eigenvalue weighted by Gasteiger charge is 2.50. The van der Waals surface area contributed by atoms with Gasteiger partial charge in [0.2, 0.25) is 0 Å². The van der Waals surface area contributed by atoms with Crippen LogP contribution in [0.3, 0.4) is 0 Å². The molecular formula is C21H52O4SSi4. The van der Waals surface area contributed by atoms with Crippen molar-refractivity contribution in [2.45, 2.75) is 123 Å². The van der Waals surface area contributed by atoms with Gasteiger partial charge >= 0.3 is 8.80 Å². The summed E-state index contributed by atoms with van der Waals surface area (Å²) in [7, 11) is -7.64. The molecule has 0 fully saturated rings. The molecule has 0 heterocycles. The summed E-state index contributed by atoms with van der Waals surface area (Å²) in [5, 5.41) is 0. The normalized spacial score (nSPS) is 14.8. The zero-order valence-corrected chi connectivity index (χ0v) is 26.6. The average molecular weight is 513 g/mol. The molecule has 0 spiro atoms. The van der Waals surface area contributed by atoms with Crippen molar-refractivity contribution < 1.29 is 16.6 Å². The SMILES string of the molecule is CCCCCCCCCC(CS(=O)CCCC)[Si](O[SiH](C)C)(O[SiH](C)C)O[SiH](C)C. The van der Waals surface area contributed by atoms with Crippen molar-refractivity contribution in [3.8, 4) is 0 Å². The molecular weight excluding hydrogens is 461 g/mol. The molecule has 0 amide bonds. The summed E-state index contributed by atoms with van der Waals surface area (Å²) >= 11 is 0. The molecule has 0 aromatic rings. The van der Waals surface area contributed by atoms with Gasteiger partial charge in [0, 0.05) is 27.8 Å². The molecule has 2 atom stereocenters. The van der Waals surface area contributed by atoms with Crippen LogP contribution in [0.15, 0.2) is 0 Å². The molecule has 182 valence electrons. The lowest BCUT2D eigenvalue weighted by molar-refractivity contribution is 0.249. The van der Waals surface area contributed by atoms with Gasteiger partial charge in [0.05, 0.1) is 0 Å². The quantitative estimate of drug-likeness (QED) is 0.148. The summed E-state index contributed by atoms with van der Waals surface area (Å²) in [5.41, 5.74) is 0.200. The van der Waals surface area contributed by atoms with Crippen LogP contribution in [-0.4, -0.2) is 51.6 Å². The van der Waals surface area contributed by atoms with E-state index in [1.807, 2.05) is 0 Å². The van der Waals surface area contributed by atoms with Gasteiger partial charge in [0.25, 0.3) is 0 Å². The molecule has 9 heteroatoms. The van der Waals surface area contributed by atoms with Gasteiger partial charge in [-0.05, 0) is 52.1 Å². The number of hydrogen-bond donors (Lipinski definition) is 0. The van der Waals surface area contributed by atoms with E-state index in [1.165, 1.54) is 44.9 Å². The first kappa shape index (κ1) is 30.9. The van der Waals surface area contributed by atoms with Crippen LogP contribution in [0.1, 0.15) is 78.1 Å². The van der Waals surface area contributed by atoms with E-state index >= 15 is 0 Å². The Hall–Kier alpha value is 0.898. The second-order valence-electron chi connectivity index (χ2n) is 9.37. The van der Waals surface area contributed by atoms with E-state index in [-0.39, 0.29) is 5.54 Å². The van der Waals surface area contributed by atoms with Crippen LogP contribution in [0.4, 0.5) is 0 Å². The molecule has 0 radical (unpaired) electrons. The Labute approximate surface area is 197 Å². The van der Waals surface area contributed by atoms with Gasteiger partial charge in [0.1, 0.15) is 0 Å². The van der Waals surface area contributed by atoms with E-state index in [4.69, 9.17) is 12.3 Å². The average Bonchev–Trinajstić information content (AvgIpc) is 2.62. The summed E-state index contributed by atoms with van der Waals surface area (Å²) in [6, 6.07) is 0. The summed E-state index contributed by atoms with van der Waals surface area (Å²) in [6.07, 6.45) is 12.2. The topological polar surface area (TPSA) is 44.8 Å². The third-order valence-corrected chi connectivity index (χ3v) is 17.9. The lowest BCUT2D eigenvalue weighted by atomic mass is 10.1. The smallest absolute Gasteiger partial charge is 0.420 e. The van der Waals surface area contributed by atoms with Crippen molar-refractivity contribution in [2.75, 3.05) is 11.5 Å². The lowest BCUT2D eigenvalue weighted by Gasteiger charge is -2.40. The van der Waals surface area contributed by atoms with Gasteiger partial charge < -0.3 is 12.3 Å². The molecule has 0 rings (SSSR count).